The fourth-order valence-corrected chi connectivity index (χ4v) is 2.57. The van der Waals surface area contributed by atoms with Crippen LogP contribution in [0, 0.1) is 5.92 Å². The lowest BCUT2D eigenvalue weighted by Gasteiger charge is -2.37. The van der Waals surface area contributed by atoms with Crippen molar-refractivity contribution in [1.29, 1.82) is 0 Å². The number of rotatable bonds is 6. The maximum Gasteiger partial charge on any atom is 0.0190 e. The number of hydrogen-bond acceptors (Lipinski definition) is 2. The van der Waals surface area contributed by atoms with Crippen molar-refractivity contribution in [3.05, 3.63) is 0 Å². The first-order valence-corrected chi connectivity index (χ1v) is 6.58. The molecule has 90 valence electrons. The Bertz CT molecular complexity index is 160. The van der Waals surface area contributed by atoms with E-state index in [4.69, 9.17) is 0 Å². The van der Waals surface area contributed by atoms with Crippen LogP contribution in [0.2, 0.25) is 0 Å². The molecular weight excluding hydrogens is 184 g/mol. The first-order chi connectivity index (χ1) is 7.18. The van der Waals surface area contributed by atoms with Crippen molar-refractivity contribution in [1.82, 2.24) is 10.6 Å². The van der Waals surface area contributed by atoms with Gasteiger partial charge in [-0.2, -0.15) is 0 Å². The zero-order valence-corrected chi connectivity index (χ0v) is 10.7. The molecule has 0 aromatic carbocycles. The molecule has 0 radical (unpaired) electrons. The molecule has 1 fully saturated rings. The Balaban J connectivity index is 2.20. The van der Waals surface area contributed by atoms with Crippen molar-refractivity contribution in [2.24, 2.45) is 5.92 Å². The molecule has 0 aliphatic heterocycles. The highest BCUT2D eigenvalue weighted by molar-refractivity contribution is 4.89. The van der Waals surface area contributed by atoms with E-state index in [1.807, 2.05) is 0 Å². The van der Waals surface area contributed by atoms with Gasteiger partial charge in [-0.25, -0.2) is 0 Å². The van der Waals surface area contributed by atoms with Gasteiger partial charge in [-0.15, -0.1) is 0 Å². The summed E-state index contributed by atoms with van der Waals surface area (Å²) in [6.07, 6.45) is 8.27. The van der Waals surface area contributed by atoms with Crippen LogP contribution in [-0.2, 0) is 0 Å². The third-order valence-electron chi connectivity index (χ3n) is 3.67. The second-order valence-electron chi connectivity index (χ2n) is 5.44. The van der Waals surface area contributed by atoms with Crippen LogP contribution in [0.15, 0.2) is 0 Å². The summed E-state index contributed by atoms with van der Waals surface area (Å²) in [5.74, 6) is 0.766. The average molecular weight is 212 g/mol. The minimum absolute atomic E-state index is 0.447. The summed E-state index contributed by atoms with van der Waals surface area (Å²) in [6, 6.07) is 0. The summed E-state index contributed by atoms with van der Waals surface area (Å²) in [5, 5.41) is 7.12. The molecule has 0 heterocycles. The summed E-state index contributed by atoms with van der Waals surface area (Å²) >= 11 is 0. The van der Waals surface area contributed by atoms with Gasteiger partial charge in [-0.05, 0) is 45.3 Å². The molecular formula is C13H28N2. The Kier molecular flexibility index (Phi) is 5.62. The zero-order chi connectivity index (χ0) is 11.1. The number of hydrogen-bond donors (Lipinski definition) is 2. The summed E-state index contributed by atoms with van der Waals surface area (Å²) < 4.78 is 0. The van der Waals surface area contributed by atoms with Gasteiger partial charge in [0.2, 0.25) is 0 Å². The molecule has 1 rings (SSSR count). The largest absolute Gasteiger partial charge is 0.316 e. The van der Waals surface area contributed by atoms with Crippen LogP contribution in [0.4, 0.5) is 0 Å². The van der Waals surface area contributed by atoms with E-state index in [0.29, 0.717) is 5.54 Å². The van der Waals surface area contributed by atoms with Gasteiger partial charge in [0.25, 0.3) is 0 Å². The maximum atomic E-state index is 3.57. The quantitative estimate of drug-likeness (QED) is 0.661. The highest BCUT2D eigenvalue weighted by atomic mass is 15.0. The Morgan fingerprint density at radius 2 is 1.80 bits per heavy atom. The molecule has 1 aliphatic carbocycles. The van der Waals surface area contributed by atoms with Crippen LogP contribution >= 0.6 is 0 Å². The lowest BCUT2D eigenvalue weighted by atomic mass is 9.79. The van der Waals surface area contributed by atoms with Gasteiger partial charge in [0.15, 0.2) is 0 Å². The Hall–Kier alpha value is -0.0800. The van der Waals surface area contributed by atoms with Crippen LogP contribution in [0.3, 0.4) is 0 Å². The lowest BCUT2D eigenvalue weighted by molar-refractivity contribution is 0.227. The van der Waals surface area contributed by atoms with E-state index < -0.39 is 0 Å². The molecule has 0 aromatic heterocycles. The second kappa shape index (κ2) is 6.49. The molecule has 15 heavy (non-hydrogen) atoms. The molecule has 1 aliphatic rings. The third-order valence-corrected chi connectivity index (χ3v) is 3.67. The van der Waals surface area contributed by atoms with Crippen LogP contribution in [0.5, 0.6) is 0 Å². The number of nitrogens with one attached hydrogen (secondary N) is 2. The maximum absolute atomic E-state index is 3.57. The van der Waals surface area contributed by atoms with Gasteiger partial charge < -0.3 is 10.6 Å². The van der Waals surface area contributed by atoms with E-state index in [0.717, 1.165) is 12.5 Å². The Labute approximate surface area is 95.2 Å². The van der Waals surface area contributed by atoms with Crippen molar-refractivity contribution >= 4 is 0 Å². The smallest absolute Gasteiger partial charge is 0.0190 e. The highest BCUT2D eigenvalue weighted by Crippen LogP contribution is 2.30. The van der Waals surface area contributed by atoms with Crippen molar-refractivity contribution in [3.8, 4) is 0 Å². The summed E-state index contributed by atoms with van der Waals surface area (Å²) in [5.41, 5.74) is 0.447. The Morgan fingerprint density at radius 3 is 2.33 bits per heavy atom. The highest BCUT2D eigenvalue weighted by Gasteiger charge is 2.29. The first kappa shape index (κ1) is 13.0. The SMILES string of the molecule is CNC1(CCNCC(C)C)CCCCC1. The van der Waals surface area contributed by atoms with Crippen LogP contribution in [0.25, 0.3) is 0 Å². The van der Waals surface area contributed by atoms with E-state index >= 15 is 0 Å². The van der Waals surface area contributed by atoms with Crippen molar-refractivity contribution in [2.45, 2.75) is 57.9 Å². The molecule has 0 atom stereocenters. The van der Waals surface area contributed by atoms with Crippen LogP contribution in [-0.4, -0.2) is 25.7 Å². The Morgan fingerprint density at radius 1 is 1.13 bits per heavy atom. The monoisotopic (exact) mass is 212 g/mol. The van der Waals surface area contributed by atoms with E-state index in [1.54, 1.807) is 0 Å². The standard InChI is InChI=1S/C13H28N2/c1-12(2)11-15-10-9-13(14-3)7-5-4-6-8-13/h12,14-15H,4-11H2,1-3H3. The van der Waals surface area contributed by atoms with E-state index in [1.165, 1.54) is 45.1 Å². The molecule has 0 saturated heterocycles. The summed E-state index contributed by atoms with van der Waals surface area (Å²) in [4.78, 5) is 0. The van der Waals surface area contributed by atoms with Gasteiger partial charge in [0, 0.05) is 5.54 Å². The van der Waals surface area contributed by atoms with Crippen molar-refractivity contribution in [2.75, 3.05) is 20.1 Å². The van der Waals surface area contributed by atoms with E-state index in [2.05, 4.69) is 31.5 Å². The van der Waals surface area contributed by atoms with Crippen molar-refractivity contribution in [3.63, 3.8) is 0 Å². The molecule has 0 unspecified atom stereocenters. The molecule has 0 spiro atoms. The van der Waals surface area contributed by atoms with Gasteiger partial charge >= 0.3 is 0 Å². The predicted molar refractivity (Wildman–Crippen MR) is 67.2 cm³/mol. The zero-order valence-electron chi connectivity index (χ0n) is 10.7. The van der Waals surface area contributed by atoms with Gasteiger partial charge in [-0.1, -0.05) is 33.1 Å². The third kappa shape index (κ3) is 4.52. The molecule has 2 heteroatoms. The van der Waals surface area contributed by atoms with E-state index in [-0.39, 0.29) is 0 Å². The minimum Gasteiger partial charge on any atom is -0.316 e. The topological polar surface area (TPSA) is 24.1 Å². The molecule has 0 amide bonds. The van der Waals surface area contributed by atoms with E-state index in [9.17, 15) is 0 Å². The van der Waals surface area contributed by atoms with Gasteiger partial charge in [0.05, 0.1) is 0 Å². The second-order valence-corrected chi connectivity index (χ2v) is 5.44. The summed E-state index contributed by atoms with van der Waals surface area (Å²) in [7, 11) is 2.13. The van der Waals surface area contributed by atoms with Gasteiger partial charge in [0.1, 0.15) is 0 Å². The molecule has 2 N–H and O–H groups in total. The molecule has 0 aromatic rings. The van der Waals surface area contributed by atoms with Crippen molar-refractivity contribution < 1.29 is 0 Å². The minimum atomic E-state index is 0.447. The predicted octanol–water partition coefficient (Wildman–Crippen LogP) is 2.54. The molecule has 2 nitrogen and oxygen atoms in total. The van der Waals surface area contributed by atoms with Crippen LogP contribution in [0.1, 0.15) is 52.4 Å². The van der Waals surface area contributed by atoms with Crippen LogP contribution < -0.4 is 10.6 Å². The van der Waals surface area contributed by atoms with Gasteiger partial charge in [-0.3, -0.25) is 0 Å². The fraction of sp³-hybridized carbons (Fsp3) is 1.00. The fourth-order valence-electron chi connectivity index (χ4n) is 2.57. The average Bonchev–Trinajstić information content (AvgIpc) is 2.26. The normalized spacial score (nSPS) is 20.8. The summed E-state index contributed by atoms with van der Waals surface area (Å²) in [6.45, 7) is 6.85. The lowest BCUT2D eigenvalue weighted by Crippen LogP contribution is -2.46. The molecule has 0 bridgehead atoms. The first-order valence-electron chi connectivity index (χ1n) is 6.58. The molecule has 1 saturated carbocycles.